The molecule has 0 aromatic heterocycles. The van der Waals surface area contributed by atoms with Gasteiger partial charge in [0.15, 0.2) is 0 Å². The zero-order valence-corrected chi connectivity index (χ0v) is 21.5. The Morgan fingerprint density at radius 1 is 1.06 bits per heavy atom. The van der Waals surface area contributed by atoms with E-state index in [9.17, 15) is 22.8 Å². The van der Waals surface area contributed by atoms with E-state index >= 15 is 0 Å². The number of carbonyl (C=O) groups is 2. The normalized spacial score (nSPS) is 24.9. The SMILES string of the molecule is COC[C@@H]1C[C@@H](c2ccc(C(F)(F)F)cc2O[C@H]2CC[C@H](C(=O)OC)CC2)CN1C(=O)OC(C)(C)C. The molecule has 1 aliphatic carbocycles. The highest BCUT2D eigenvalue weighted by Crippen LogP contribution is 2.42. The van der Waals surface area contributed by atoms with Crippen LogP contribution >= 0.6 is 0 Å². The molecule has 7 nitrogen and oxygen atoms in total. The maximum atomic E-state index is 13.5. The molecule has 0 spiro atoms. The minimum absolute atomic E-state index is 0.165. The Labute approximate surface area is 210 Å². The van der Waals surface area contributed by atoms with E-state index < -0.39 is 23.4 Å². The highest BCUT2D eigenvalue weighted by atomic mass is 19.4. The van der Waals surface area contributed by atoms with Gasteiger partial charge < -0.3 is 23.8 Å². The lowest BCUT2D eigenvalue weighted by Gasteiger charge is -2.29. The Morgan fingerprint density at radius 2 is 1.72 bits per heavy atom. The number of benzene rings is 1. The van der Waals surface area contributed by atoms with Crippen molar-refractivity contribution in [3.63, 3.8) is 0 Å². The van der Waals surface area contributed by atoms with Crippen LogP contribution in [0.25, 0.3) is 0 Å². The number of esters is 1. The predicted octanol–water partition coefficient (Wildman–Crippen LogP) is 5.56. The van der Waals surface area contributed by atoms with E-state index in [0.29, 0.717) is 37.7 Å². The maximum Gasteiger partial charge on any atom is 0.416 e. The summed E-state index contributed by atoms with van der Waals surface area (Å²) in [6, 6.07) is 3.27. The molecular formula is C26H36F3NO6. The van der Waals surface area contributed by atoms with Crippen molar-refractivity contribution in [1.82, 2.24) is 4.90 Å². The van der Waals surface area contributed by atoms with Crippen molar-refractivity contribution in [3.8, 4) is 5.75 Å². The van der Waals surface area contributed by atoms with E-state index in [1.165, 1.54) is 20.3 Å². The number of hydrogen-bond acceptors (Lipinski definition) is 6. The first kappa shape index (κ1) is 28.1. The average Bonchev–Trinajstić information content (AvgIpc) is 3.21. The number of hydrogen-bond donors (Lipinski definition) is 0. The molecule has 3 rings (SSSR count). The standard InChI is InChI=1S/C26H36F3NO6/c1-25(2,3)36-24(32)30-14-17(12-19(30)15-33-4)21-11-8-18(26(27,28)29)13-22(21)35-20-9-6-16(7-10-20)23(31)34-5/h8,11,13,16-17,19-20H,6-7,9-10,12,14-15H2,1-5H3/t16-,17-,19+,20-/m1/s1. The first-order valence-corrected chi connectivity index (χ1v) is 12.3. The molecule has 1 aromatic rings. The zero-order chi connectivity index (χ0) is 26.7. The Balaban J connectivity index is 1.84. The van der Waals surface area contributed by atoms with Gasteiger partial charge in [0.05, 0.1) is 37.3 Å². The van der Waals surface area contributed by atoms with E-state index in [0.717, 1.165) is 12.1 Å². The summed E-state index contributed by atoms with van der Waals surface area (Å²) in [5.41, 5.74) is -0.858. The molecule has 36 heavy (non-hydrogen) atoms. The van der Waals surface area contributed by atoms with E-state index in [2.05, 4.69) is 0 Å². The van der Waals surface area contributed by atoms with Crippen LogP contribution in [0.2, 0.25) is 0 Å². The first-order valence-electron chi connectivity index (χ1n) is 12.3. The van der Waals surface area contributed by atoms with Gasteiger partial charge in [-0.2, -0.15) is 13.2 Å². The third kappa shape index (κ3) is 7.05. The van der Waals surface area contributed by atoms with Gasteiger partial charge in [-0.05, 0) is 70.6 Å². The van der Waals surface area contributed by atoms with Gasteiger partial charge in [0, 0.05) is 19.6 Å². The molecule has 10 heteroatoms. The fourth-order valence-electron chi connectivity index (χ4n) is 4.95. The van der Waals surface area contributed by atoms with Crippen molar-refractivity contribution in [3.05, 3.63) is 29.3 Å². The fourth-order valence-corrected chi connectivity index (χ4v) is 4.95. The third-order valence-corrected chi connectivity index (χ3v) is 6.68. The van der Waals surface area contributed by atoms with E-state index in [1.54, 1.807) is 25.7 Å². The quantitative estimate of drug-likeness (QED) is 0.462. The lowest BCUT2D eigenvalue weighted by Crippen LogP contribution is -2.41. The van der Waals surface area contributed by atoms with Gasteiger partial charge >= 0.3 is 18.2 Å². The highest BCUT2D eigenvalue weighted by molar-refractivity contribution is 5.72. The van der Waals surface area contributed by atoms with Crippen LogP contribution in [0.4, 0.5) is 18.0 Å². The van der Waals surface area contributed by atoms with Crippen LogP contribution in [-0.4, -0.2) is 62.1 Å². The molecule has 1 amide bonds. The van der Waals surface area contributed by atoms with Crippen LogP contribution in [0.5, 0.6) is 5.75 Å². The number of alkyl halides is 3. The number of halogens is 3. The zero-order valence-electron chi connectivity index (χ0n) is 21.5. The second-order valence-electron chi connectivity index (χ2n) is 10.5. The lowest BCUT2D eigenvalue weighted by molar-refractivity contribution is -0.147. The number of methoxy groups -OCH3 is 2. The van der Waals surface area contributed by atoms with Crippen molar-refractivity contribution in [2.75, 3.05) is 27.4 Å². The van der Waals surface area contributed by atoms with Crippen LogP contribution in [0.3, 0.4) is 0 Å². The highest BCUT2D eigenvalue weighted by Gasteiger charge is 2.40. The summed E-state index contributed by atoms with van der Waals surface area (Å²) in [6.45, 7) is 5.89. The molecule has 2 atom stereocenters. The molecular weight excluding hydrogens is 479 g/mol. The molecule has 2 fully saturated rings. The van der Waals surface area contributed by atoms with Gasteiger partial charge in [0.1, 0.15) is 11.4 Å². The minimum Gasteiger partial charge on any atom is -0.490 e. The summed E-state index contributed by atoms with van der Waals surface area (Å²) in [4.78, 5) is 26.3. The molecule has 1 aliphatic heterocycles. The molecule has 1 saturated heterocycles. The lowest BCUT2D eigenvalue weighted by atomic mass is 9.87. The van der Waals surface area contributed by atoms with Crippen molar-refractivity contribution >= 4 is 12.1 Å². The van der Waals surface area contributed by atoms with Gasteiger partial charge in [-0.25, -0.2) is 4.79 Å². The topological polar surface area (TPSA) is 74.3 Å². The van der Waals surface area contributed by atoms with E-state index in [1.807, 2.05) is 0 Å². The molecule has 1 heterocycles. The van der Waals surface area contributed by atoms with Gasteiger partial charge in [-0.3, -0.25) is 4.79 Å². The summed E-state index contributed by atoms with van der Waals surface area (Å²) >= 11 is 0. The fraction of sp³-hybridized carbons (Fsp3) is 0.692. The number of nitrogens with zero attached hydrogens (tertiary/aromatic N) is 1. The summed E-state index contributed by atoms with van der Waals surface area (Å²) in [7, 11) is 2.89. The smallest absolute Gasteiger partial charge is 0.416 e. The average molecular weight is 516 g/mol. The van der Waals surface area contributed by atoms with Crippen molar-refractivity contribution in [1.29, 1.82) is 0 Å². The minimum atomic E-state index is -4.52. The molecule has 0 unspecified atom stereocenters. The number of ether oxygens (including phenoxy) is 4. The molecule has 1 aromatic carbocycles. The van der Waals surface area contributed by atoms with E-state index in [4.69, 9.17) is 18.9 Å². The summed E-state index contributed by atoms with van der Waals surface area (Å²) in [6.07, 6.45) is -2.63. The molecule has 1 saturated carbocycles. The number of amides is 1. The third-order valence-electron chi connectivity index (χ3n) is 6.68. The van der Waals surface area contributed by atoms with Crippen molar-refractivity contribution < 1.29 is 41.7 Å². The summed E-state index contributed by atoms with van der Waals surface area (Å²) in [5, 5.41) is 0. The molecule has 0 bridgehead atoms. The molecule has 2 aliphatic rings. The second-order valence-corrected chi connectivity index (χ2v) is 10.5. The van der Waals surface area contributed by atoms with Gasteiger partial charge in [-0.15, -0.1) is 0 Å². The maximum absolute atomic E-state index is 13.5. The van der Waals surface area contributed by atoms with Gasteiger partial charge in [-0.1, -0.05) is 6.07 Å². The first-order chi connectivity index (χ1) is 16.8. The van der Waals surface area contributed by atoms with Gasteiger partial charge in [0.2, 0.25) is 0 Å². The van der Waals surface area contributed by atoms with Gasteiger partial charge in [0.25, 0.3) is 0 Å². The monoisotopic (exact) mass is 515 g/mol. The van der Waals surface area contributed by atoms with Crippen molar-refractivity contribution in [2.45, 2.75) is 82.7 Å². The predicted molar refractivity (Wildman–Crippen MR) is 126 cm³/mol. The number of likely N-dealkylation sites (tertiary alicyclic amines) is 1. The second kappa shape index (κ2) is 11.3. The summed E-state index contributed by atoms with van der Waals surface area (Å²) < 4.78 is 62.4. The Morgan fingerprint density at radius 3 is 2.28 bits per heavy atom. The molecule has 202 valence electrons. The number of carbonyl (C=O) groups excluding carboxylic acids is 2. The van der Waals surface area contributed by atoms with Crippen LogP contribution in [0.1, 0.15) is 69.9 Å². The van der Waals surface area contributed by atoms with Crippen LogP contribution in [-0.2, 0) is 25.2 Å². The van der Waals surface area contributed by atoms with Crippen LogP contribution in [0, 0.1) is 5.92 Å². The largest absolute Gasteiger partial charge is 0.490 e. The Bertz CT molecular complexity index is 921. The van der Waals surface area contributed by atoms with Crippen molar-refractivity contribution in [2.24, 2.45) is 5.92 Å². The van der Waals surface area contributed by atoms with E-state index in [-0.39, 0.29) is 48.9 Å². The summed E-state index contributed by atoms with van der Waals surface area (Å²) in [5.74, 6) is -0.576. The number of rotatable bonds is 6. The van der Waals surface area contributed by atoms with Crippen LogP contribution < -0.4 is 4.74 Å². The Kier molecular flexibility index (Phi) is 8.80. The Hall–Kier alpha value is -2.49. The molecule has 0 radical (unpaired) electrons. The molecule has 0 N–H and O–H groups in total. The van der Waals surface area contributed by atoms with Crippen LogP contribution in [0.15, 0.2) is 18.2 Å².